The van der Waals surface area contributed by atoms with Crippen LogP contribution in [0.15, 0.2) is 82.3 Å². The first-order valence-corrected chi connectivity index (χ1v) is 8.91. The molecule has 0 aliphatic carbocycles. The zero-order valence-electron chi connectivity index (χ0n) is 13.7. The number of amides is 1. The maximum Gasteiger partial charge on any atom is 0.278 e. The number of fused-ring (bicyclic) bond motifs is 1. The van der Waals surface area contributed by atoms with E-state index in [0.29, 0.717) is 17.9 Å². The van der Waals surface area contributed by atoms with E-state index in [1.807, 2.05) is 53.4 Å². The number of anilines is 1. The molecule has 5 heteroatoms. The van der Waals surface area contributed by atoms with Gasteiger partial charge in [0.25, 0.3) is 5.91 Å². The predicted octanol–water partition coefficient (Wildman–Crippen LogP) is 5.20. The summed E-state index contributed by atoms with van der Waals surface area (Å²) in [5.41, 5.74) is 3.36. The number of rotatable bonds is 2. The molecule has 0 N–H and O–H groups in total. The second kappa shape index (κ2) is 6.84. The number of aliphatic imine (C=N–C) groups is 1. The fourth-order valence-corrected chi connectivity index (χ4v) is 3.24. The number of nitrogens with zero attached hydrogens (tertiary/aromatic N) is 2. The molecule has 1 heterocycles. The highest BCUT2D eigenvalue weighted by Crippen LogP contribution is 2.30. The Morgan fingerprint density at radius 1 is 0.962 bits per heavy atom. The van der Waals surface area contributed by atoms with Crippen LogP contribution in [0.1, 0.15) is 21.5 Å². The molecule has 4 rings (SSSR count). The summed E-state index contributed by atoms with van der Waals surface area (Å²) in [6.45, 7) is 0.646. The summed E-state index contributed by atoms with van der Waals surface area (Å²) in [6, 6.07) is 21.2. The molecule has 0 saturated heterocycles. The van der Waals surface area contributed by atoms with E-state index in [1.165, 1.54) is 24.3 Å². The van der Waals surface area contributed by atoms with Gasteiger partial charge in [-0.05, 0) is 54.1 Å². The van der Waals surface area contributed by atoms with Crippen LogP contribution >= 0.6 is 15.9 Å². The predicted molar refractivity (Wildman–Crippen MR) is 104 cm³/mol. The third-order valence-corrected chi connectivity index (χ3v) is 4.81. The number of hydrogen-bond donors (Lipinski definition) is 0. The van der Waals surface area contributed by atoms with Crippen LogP contribution in [0.3, 0.4) is 0 Å². The fraction of sp³-hybridized carbons (Fsp3) is 0.0476. The van der Waals surface area contributed by atoms with Crippen molar-refractivity contribution in [3.8, 4) is 0 Å². The Balaban J connectivity index is 1.77. The second-order valence-electron chi connectivity index (χ2n) is 5.97. The Bertz CT molecular complexity index is 997. The van der Waals surface area contributed by atoms with Gasteiger partial charge in [-0.3, -0.25) is 4.79 Å². The summed E-state index contributed by atoms with van der Waals surface area (Å²) in [7, 11) is 0. The number of halogens is 2. The average Bonchev–Trinajstić information content (AvgIpc) is 3.01. The number of hydrogen-bond acceptors (Lipinski definition) is 1. The van der Waals surface area contributed by atoms with Gasteiger partial charge in [0, 0.05) is 21.3 Å². The van der Waals surface area contributed by atoms with Gasteiger partial charge in [0.15, 0.2) is 0 Å². The van der Waals surface area contributed by atoms with Crippen LogP contribution in [0, 0.1) is 5.82 Å². The number of carbonyl (C=O) groups excluding carboxylic acids is 1. The second-order valence-corrected chi connectivity index (χ2v) is 6.88. The quantitative estimate of drug-likeness (QED) is 0.583. The largest absolute Gasteiger partial charge is 0.321 e. The van der Waals surface area contributed by atoms with Gasteiger partial charge in [-0.2, -0.15) is 4.99 Å². The van der Waals surface area contributed by atoms with Crippen molar-refractivity contribution in [3.63, 3.8) is 0 Å². The molecule has 0 fully saturated rings. The lowest BCUT2D eigenvalue weighted by atomic mass is 10.1. The third-order valence-electron chi connectivity index (χ3n) is 4.28. The van der Waals surface area contributed by atoms with E-state index >= 15 is 0 Å². The molecule has 0 saturated carbocycles. The first-order valence-electron chi connectivity index (χ1n) is 8.12. The summed E-state index contributed by atoms with van der Waals surface area (Å²) in [5.74, 6) is -0.159. The molecular weight excluding hydrogens is 395 g/mol. The molecule has 26 heavy (non-hydrogen) atoms. The monoisotopic (exact) mass is 408 g/mol. The Kier molecular flexibility index (Phi) is 4.39. The lowest BCUT2D eigenvalue weighted by Gasteiger charge is -2.19. The van der Waals surface area contributed by atoms with Crippen molar-refractivity contribution in [2.75, 3.05) is 4.90 Å². The molecule has 0 unspecified atom stereocenters. The maximum atomic E-state index is 13.1. The zero-order chi connectivity index (χ0) is 18.1. The van der Waals surface area contributed by atoms with Gasteiger partial charge >= 0.3 is 0 Å². The standard InChI is InChI=1S/C21H14BrFN2O/c22-16-7-11-18(12-8-16)25-13-15-3-1-2-4-19(15)20(25)24-21(26)14-5-9-17(23)10-6-14/h1-12H,13H2. The Hall–Kier alpha value is -2.79. The zero-order valence-corrected chi connectivity index (χ0v) is 15.3. The molecule has 3 nitrogen and oxygen atoms in total. The van der Waals surface area contributed by atoms with Crippen molar-refractivity contribution >= 4 is 33.4 Å². The molecule has 0 radical (unpaired) electrons. The minimum absolute atomic E-state index is 0.360. The lowest BCUT2D eigenvalue weighted by Crippen LogP contribution is -2.25. The Morgan fingerprint density at radius 2 is 1.65 bits per heavy atom. The first-order chi connectivity index (χ1) is 12.6. The van der Waals surface area contributed by atoms with Gasteiger partial charge in [-0.15, -0.1) is 0 Å². The molecule has 3 aromatic rings. The van der Waals surface area contributed by atoms with Crippen molar-refractivity contribution in [1.29, 1.82) is 0 Å². The normalized spacial score (nSPS) is 14.5. The minimum atomic E-state index is -0.390. The van der Waals surface area contributed by atoms with Gasteiger partial charge < -0.3 is 4.90 Å². The summed E-state index contributed by atoms with van der Waals surface area (Å²) in [5, 5.41) is 0. The van der Waals surface area contributed by atoms with E-state index in [2.05, 4.69) is 20.9 Å². The van der Waals surface area contributed by atoms with Gasteiger partial charge in [0.2, 0.25) is 0 Å². The van der Waals surface area contributed by atoms with E-state index in [4.69, 9.17) is 0 Å². The summed E-state index contributed by atoms with van der Waals surface area (Å²) in [4.78, 5) is 19.0. The van der Waals surface area contributed by atoms with E-state index in [1.54, 1.807) is 0 Å². The highest BCUT2D eigenvalue weighted by atomic mass is 79.9. The topological polar surface area (TPSA) is 32.7 Å². The van der Waals surface area contributed by atoms with Crippen molar-refractivity contribution < 1.29 is 9.18 Å². The molecule has 3 aromatic carbocycles. The first kappa shape index (κ1) is 16.7. The lowest BCUT2D eigenvalue weighted by molar-refractivity contribution is 0.100. The van der Waals surface area contributed by atoms with Crippen LogP contribution in [0.2, 0.25) is 0 Å². The highest BCUT2D eigenvalue weighted by Gasteiger charge is 2.27. The highest BCUT2D eigenvalue weighted by molar-refractivity contribution is 9.10. The van der Waals surface area contributed by atoms with E-state index in [0.717, 1.165) is 21.3 Å². The van der Waals surface area contributed by atoms with Gasteiger partial charge in [0.05, 0.1) is 6.54 Å². The van der Waals surface area contributed by atoms with Gasteiger partial charge in [0.1, 0.15) is 11.7 Å². The molecule has 1 aliphatic heterocycles. The van der Waals surface area contributed by atoms with Gasteiger partial charge in [-0.25, -0.2) is 4.39 Å². The summed E-state index contributed by atoms with van der Waals surface area (Å²) >= 11 is 3.44. The molecule has 0 atom stereocenters. The number of amidine groups is 1. The number of benzene rings is 3. The summed E-state index contributed by atoms with van der Waals surface area (Å²) < 4.78 is 14.1. The maximum absolute atomic E-state index is 13.1. The van der Waals surface area contributed by atoms with Crippen molar-refractivity contribution in [1.82, 2.24) is 0 Å². The van der Waals surface area contributed by atoms with Crippen LogP contribution in [-0.4, -0.2) is 11.7 Å². The molecule has 0 spiro atoms. The Labute approximate surface area is 158 Å². The van der Waals surface area contributed by atoms with Crippen molar-refractivity contribution in [2.45, 2.75) is 6.54 Å². The van der Waals surface area contributed by atoms with E-state index < -0.39 is 0 Å². The molecular formula is C21H14BrFN2O. The summed E-state index contributed by atoms with van der Waals surface area (Å²) in [6.07, 6.45) is 0. The molecule has 128 valence electrons. The average molecular weight is 409 g/mol. The Morgan fingerprint density at radius 3 is 2.38 bits per heavy atom. The molecule has 0 bridgehead atoms. The van der Waals surface area contributed by atoms with Crippen molar-refractivity contribution in [3.05, 3.63) is 99.8 Å². The SMILES string of the molecule is O=C(N=C1c2ccccc2CN1c1ccc(Br)cc1)c1ccc(F)cc1. The van der Waals surface area contributed by atoms with Crippen LogP contribution < -0.4 is 4.90 Å². The molecule has 1 amide bonds. The van der Waals surface area contributed by atoms with Gasteiger partial charge in [-0.1, -0.05) is 40.2 Å². The smallest absolute Gasteiger partial charge is 0.278 e. The van der Waals surface area contributed by atoms with Crippen LogP contribution in [-0.2, 0) is 6.54 Å². The molecule has 0 aromatic heterocycles. The van der Waals surface area contributed by atoms with Crippen LogP contribution in [0.4, 0.5) is 10.1 Å². The minimum Gasteiger partial charge on any atom is -0.321 e. The molecule has 1 aliphatic rings. The van der Waals surface area contributed by atoms with E-state index in [9.17, 15) is 9.18 Å². The van der Waals surface area contributed by atoms with Crippen LogP contribution in [0.5, 0.6) is 0 Å². The fourth-order valence-electron chi connectivity index (χ4n) is 2.98. The van der Waals surface area contributed by atoms with Crippen molar-refractivity contribution in [2.24, 2.45) is 4.99 Å². The van der Waals surface area contributed by atoms with E-state index in [-0.39, 0.29) is 11.7 Å². The van der Waals surface area contributed by atoms with Crippen LogP contribution in [0.25, 0.3) is 0 Å². The number of carbonyl (C=O) groups is 1. The third kappa shape index (κ3) is 3.18.